The van der Waals surface area contributed by atoms with Crippen LogP contribution in [0.1, 0.15) is 50.2 Å². The standard InChI is InChI=1S/C16H22FNO/c1-16-6-4-2-3-5-10(15(16)18)7-12-13(16)8-11(19)9-14(12)17/h8-10,15,19H,2-7,18H2,1H3/t10?,15-,16+/m0/s1. The predicted octanol–water partition coefficient (Wildman–Crippen LogP) is 3.25. The molecule has 0 aliphatic heterocycles. The summed E-state index contributed by atoms with van der Waals surface area (Å²) in [7, 11) is 0. The molecule has 2 nitrogen and oxygen atoms in total. The van der Waals surface area contributed by atoms with Gasteiger partial charge in [0.2, 0.25) is 0 Å². The van der Waals surface area contributed by atoms with Gasteiger partial charge in [0.25, 0.3) is 0 Å². The summed E-state index contributed by atoms with van der Waals surface area (Å²) in [6, 6.07) is 3.04. The largest absolute Gasteiger partial charge is 0.508 e. The number of phenolic OH excluding ortho intramolecular Hbond substituents is 1. The van der Waals surface area contributed by atoms with Crippen LogP contribution in [0.5, 0.6) is 5.75 Å². The lowest BCUT2D eigenvalue weighted by Crippen LogP contribution is -2.53. The number of hydrogen-bond acceptors (Lipinski definition) is 2. The van der Waals surface area contributed by atoms with Crippen LogP contribution in [0.2, 0.25) is 0 Å². The van der Waals surface area contributed by atoms with E-state index in [9.17, 15) is 9.50 Å². The van der Waals surface area contributed by atoms with Crippen molar-refractivity contribution >= 4 is 0 Å². The molecule has 0 spiro atoms. The molecule has 1 aromatic rings. The van der Waals surface area contributed by atoms with Crippen LogP contribution >= 0.6 is 0 Å². The number of nitrogens with two attached hydrogens (primary N) is 1. The van der Waals surface area contributed by atoms with Crippen molar-refractivity contribution in [2.45, 2.75) is 56.9 Å². The zero-order valence-electron chi connectivity index (χ0n) is 11.5. The molecule has 1 aromatic carbocycles. The highest BCUT2D eigenvalue weighted by atomic mass is 19.1. The highest BCUT2D eigenvalue weighted by molar-refractivity contribution is 5.44. The fourth-order valence-corrected chi connectivity index (χ4v) is 4.09. The first-order valence-electron chi connectivity index (χ1n) is 7.30. The molecule has 0 amide bonds. The number of fused-ring (bicyclic) bond motifs is 4. The molecule has 3 N–H and O–H groups in total. The summed E-state index contributed by atoms with van der Waals surface area (Å²) in [4.78, 5) is 0. The second kappa shape index (κ2) is 4.48. The first kappa shape index (κ1) is 12.9. The Morgan fingerprint density at radius 3 is 2.89 bits per heavy atom. The van der Waals surface area contributed by atoms with Gasteiger partial charge in [0.1, 0.15) is 11.6 Å². The van der Waals surface area contributed by atoms with Crippen LogP contribution in [0.15, 0.2) is 12.1 Å². The Hall–Kier alpha value is -1.09. The highest BCUT2D eigenvalue weighted by Gasteiger charge is 2.44. The minimum absolute atomic E-state index is 0.0187. The number of benzene rings is 1. The first-order chi connectivity index (χ1) is 9.02. The molecule has 0 heterocycles. The van der Waals surface area contributed by atoms with Crippen LogP contribution in [0.3, 0.4) is 0 Å². The van der Waals surface area contributed by atoms with Crippen molar-refractivity contribution < 1.29 is 9.50 Å². The van der Waals surface area contributed by atoms with Gasteiger partial charge in [-0.05, 0) is 42.4 Å². The van der Waals surface area contributed by atoms with Crippen molar-refractivity contribution in [3.8, 4) is 5.75 Å². The summed E-state index contributed by atoms with van der Waals surface area (Å²) in [6.07, 6.45) is 6.36. The molecule has 0 saturated heterocycles. The van der Waals surface area contributed by atoms with Gasteiger partial charge in [0, 0.05) is 17.5 Å². The molecular formula is C16H22FNO. The maximum atomic E-state index is 14.2. The maximum Gasteiger partial charge on any atom is 0.130 e. The van der Waals surface area contributed by atoms with E-state index in [4.69, 9.17) is 5.73 Å². The molecule has 1 unspecified atom stereocenters. The zero-order chi connectivity index (χ0) is 13.6. The lowest BCUT2D eigenvalue weighted by Gasteiger charge is -2.47. The molecule has 3 rings (SSSR count). The summed E-state index contributed by atoms with van der Waals surface area (Å²) in [6.45, 7) is 2.15. The van der Waals surface area contributed by atoms with E-state index in [1.807, 2.05) is 0 Å². The van der Waals surface area contributed by atoms with E-state index >= 15 is 0 Å². The molecule has 1 saturated carbocycles. The number of hydrogen-bond donors (Lipinski definition) is 2. The third-order valence-electron chi connectivity index (χ3n) is 5.28. The van der Waals surface area contributed by atoms with Crippen LogP contribution in [0, 0.1) is 11.7 Å². The molecule has 3 heteroatoms. The third-order valence-corrected chi connectivity index (χ3v) is 5.28. The molecular weight excluding hydrogens is 241 g/mol. The molecule has 2 bridgehead atoms. The van der Waals surface area contributed by atoms with E-state index in [1.165, 1.54) is 18.9 Å². The minimum atomic E-state index is -0.265. The molecule has 2 aliphatic carbocycles. The van der Waals surface area contributed by atoms with Gasteiger partial charge in [-0.25, -0.2) is 4.39 Å². The van der Waals surface area contributed by atoms with Crippen molar-refractivity contribution in [1.29, 1.82) is 0 Å². The van der Waals surface area contributed by atoms with E-state index in [1.54, 1.807) is 6.07 Å². The van der Waals surface area contributed by atoms with Gasteiger partial charge < -0.3 is 10.8 Å². The summed E-state index contributed by atoms with van der Waals surface area (Å²) in [5.41, 5.74) is 8.03. The van der Waals surface area contributed by atoms with E-state index in [0.29, 0.717) is 5.92 Å². The van der Waals surface area contributed by atoms with Gasteiger partial charge in [-0.2, -0.15) is 0 Å². The second-order valence-electron chi connectivity index (χ2n) is 6.46. The summed E-state index contributed by atoms with van der Waals surface area (Å²) in [5, 5.41) is 9.71. The minimum Gasteiger partial charge on any atom is -0.508 e. The fourth-order valence-electron chi connectivity index (χ4n) is 4.09. The van der Waals surface area contributed by atoms with Gasteiger partial charge in [0.15, 0.2) is 0 Å². The molecule has 2 aliphatic rings. The topological polar surface area (TPSA) is 46.2 Å². The quantitative estimate of drug-likeness (QED) is 0.754. The smallest absolute Gasteiger partial charge is 0.130 e. The summed E-state index contributed by atoms with van der Waals surface area (Å²) < 4.78 is 14.2. The van der Waals surface area contributed by atoms with Gasteiger partial charge >= 0.3 is 0 Å². The Morgan fingerprint density at radius 1 is 1.32 bits per heavy atom. The van der Waals surface area contributed by atoms with Crippen molar-refractivity contribution in [3.63, 3.8) is 0 Å². The monoisotopic (exact) mass is 263 g/mol. The van der Waals surface area contributed by atoms with Crippen LogP contribution < -0.4 is 5.73 Å². The number of halogens is 1. The van der Waals surface area contributed by atoms with Crippen molar-refractivity contribution in [2.75, 3.05) is 0 Å². The van der Waals surface area contributed by atoms with Crippen LogP contribution in [0.25, 0.3) is 0 Å². The molecule has 3 atom stereocenters. The van der Waals surface area contributed by atoms with E-state index in [-0.39, 0.29) is 23.0 Å². The van der Waals surface area contributed by atoms with Crippen LogP contribution in [-0.2, 0) is 11.8 Å². The average molecular weight is 263 g/mol. The molecule has 1 fully saturated rings. The van der Waals surface area contributed by atoms with Gasteiger partial charge in [-0.15, -0.1) is 0 Å². The Kier molecular flexibility index (Phi) is 3.05. The lowest BCUT2D eigenvalue weighted by molar-refractivity contribution is 0.198. The fraction of sp³-hybridized carbons (Fsp3) is 0.625. The van der Waals surface area contributed by atoms with Crippen LogP contribution in [0.4, 0.5) is 4.39 Å². The number of rotatable bonds is 0. The third kappa shape index (κ3) is 1.95. The first-order valence-corrected chi connectivity index (χ1v) is 7.30. The van der Waals surface area contributed by atoms with E-state index in [0.717, 1.165) is 36.8 Å². The SMILES string of the molecule is C[C@@]12CCCCCC(Cc3c(F)cc(O)cc31)[C@@H]2N. The maximum absolute atomic E-state index is 14.2. The molecule has 0 radical (unpaired) electrons. The predicted molar refractivity (Wildman–Crippen MR) is 73.7 cm³/mol. The van der Waals surface area contributed by atoms with Gasteiger partial charge in [-0.3, -0.25) is 0 Å². The molecule has 104 valence electrons. The summed E-state index contributed by atoms with van der Waals surface area (Å²) >= 11 is 0. The van der Waals surface area contributed by atoms with Crippen molar-refractivity contribution in [1.82, 2.24) is 0 Å². The van der Waals surface area contributed by atoms with Crippen molar-refractivity contribution in [3.05, 3.63) is 29.1 Å². The highest BCUT2D eigenvalue weighted by Crippen LogP contribution is 2.47. The number of aromatic hydroxyl groups is 1. The van der Waals surface area contributed by atoms with E-state index in [2.05, 4.69) is 6.92 Å². The van der Waals surface area contributed by atoms with Gasteiger partial charge in [0.05, 0.1) is 0 Å². The Morgan fingerprint density at radius 2 is 2.11 bits per heavy atom. The number of phenols is 1. The summed E-state index contributed by atoms with van der Waals surface area (Å²) in [5.74, 6) is 0.126. The van der Waals surface area contributed by atoms with Gasteiger partial charge in [-0.1, -0.05) is 26.2 Å². The Balaban J connectivity index is 2.17. The van der Waals surface area contributed by atoms with Crippen LogP contribution in [-0.4, -0.2) is 11.1 Å². The lowest BCUT2D eigenvalue weighted by atomic mass is 9.60. The zero-order valence-corrected chi connectivity index (χ0v) is 11.5. The molecule has 19 heavy (non-hydrogen) atoms. The Bertz CT molecular complexity index is 502. The Labute approximate surface area is 113 Å². The second-order valence-corrected chi connectivity index (χ2v) is 6.46. The molecule has 0 aromatic heterocycles. The van der Waals surface area contributed by atoms with E-state index < -0.39 is 0 Å². The normalized spacial score (nSPS) is 34.3. The average Bonchev–Trinajstić information content (AvgIpc) is 2.35. The van der Waals surface area contributed by atoms with Crippen molar-refractivity contribution in [2.24, 2.45) is 11.7 Å².